The molecule has 1 unspecified atom stereocenters. The third-order valence-corrected chi connectivity index (χ3v) is 1.72. The summed E-state index contributed by atoms with van der Waals surface area (Å²) in [6.45, 7) is 10.9. The number of nitrogens with two attached hydrogens (primary N) is 1. The van der Waals surface area contributed by atoms with Crippen molar-refractivity contribution in [2.75, 3.05) is 0 Å². The van der Waals surface area contributed by atoms with E-state index in [0.29, 0.717) is 12.0 Å². The van der Waals surface area contributed by atoms with Gasteiger partial charge in [-0.1, -0.05) is 34.6 Å². The molecule has 0 aromatic carbocycles. The molecule has 0 saturated carbocycles. The Morgan fingerprint density at radius 2 is 1.44 bits per heavy atom. The molecule has 9 heavy (non-hydrogen) atoms. The van der Waals surface area contributed by atoms with Crippen molar-refractivity contribution in [2.45, 2.75) is 40.7 Å². The zero-order valence-electron chi connectivity index (χ0n) is 7.23. The summed E-state index contributed by atoms with van der Waals surface area (Å²) < 4.78 is 0. The first kappa shape index (κ1) is 8.96. The highest BCUT2D eigenvalue weighted by Gasteiger charge is 2.22. The summed E-state index contributed by atoms with van der Waals surface area (Å²) in [5.74, 6) is 0.588. The van der Waals surface area contributed by atoms with Crippen LogP contribution in [0.4, 0.5) is 0 Å². The van der Waals surface area contributed by atoms with Gasteiger partial charge in [-0.2, -0.15) is 0 Å². The summed E-state index contributed by atoms with van der Waals surface area (Å²) in [6.07, 6.45) is 0. The maximum Gasteiger partial charge on any atom is 0.0111 e. The van der Waals surface area contributed by atoms with E-state index in [1.54, 1.807) is 0 Å². The molecule has 56 valence electrons. The fourth-order valence-electron chi connectivity index (χ4n) is 1.00. The highest BCUT2D eigenvalue weighted by molar-refractivity contribution is 4.78. The van der Waals surface area contributed by atoms with Crippen LogP contribution < -0.4 is 5.73 Å². The van der Waals surface area contributed by atoms with Crippen LogP contribution in [0.25, 0.3) is 0 Å². The third-order valence-electron chi connectivity index (χ3n) is 1.72. The molecule has 0 spiro atoms. The normalized spacial score (nSPS) is 16.3. The van der Waals surface area contributed by atoms with E-state index in [1.807, 2.05) is 0 Å². The lowest BCUT2D eigenvalue weighted by atomic mass is 9.81. The van der Waals surface area contributed by atoms with Crippen LogP contribution in [0.2, 0.25) is 0 Å². The molecule has 0 amide bonds. The van der Waals surface area contributed by atoms with E-state index in [0.717, 1.165) is 0 Å². The van der Waals surface area contributed by atoms with Crippen LogP contribution in [0.15, 0.2) is 0 Å². The molecule has 0 radical (unpaired) electrons. The Bertz CT molecular complexity index is 79.1. The van der Waals surface area contributed by atoms with Gasteiger partial charge in [-0.3, -0.25) is 0 Å². The van der Waals surface area contributed by atoms with Crippen molar-refractivity contribution in [3.8, 4) is 0 Å². The van der Waals surface area contributed by atoms with E-state index in [9.17, 15) is 0 Å². The number of hydrogen-bond acceptors (Lipinski definition) is 1. The van der Waals surface area contributed by atoms with Gasteiger partial charge in [0.1, 0.15) is 0 Å². The van der Waals surface area contributed by atoms with Crippen LogP contribution in [0.5, 0.6) is 0 Å². The van der Waals surface area contributed by atoms with Crippen LogP contribution in [0, 0.1) is 11.3 Å². The molecule has 0 fully saturated rings. The lowest BCUT2D eigenvalue weighted by Gasteiger charge is -2.30. The van der Waals surface area contributed by atoms with Crippen LogP contribution in [0.1, 0.15) is 34.6 Å². The maximum atomic E-state index is 5.89. The Balaban J connectivity index is 3.88. The van der Waals surface area contributed by atoms with Gasteiger partial charge in [-0.25, -0.2) is 0 Å². The molecule has 0 aliphatic carbocycles. The number of hydrogen-bond donors (Lipinski definition) is 1. The topological polar surface area (TPSA) is 26.0 Å². The summed E-state index contributed by atoms with van der Waals surface area (Å²) in [7, 11) is 0. The maximum absolute atomic E-state index is 5.89. The first-order valence-electron chi connectivity index (χ1n) is 3.61. The predicted molar refractivity (Wildman–Crippen MR) is 42.3 cm³/mol. The largest absolute Gasteiger partial charge is 0.327 e. The highest BCUT2D eigenvalue weighted by Crippen LogP contribution is 2.22. The van der Waals surface area contributed by atoms with Gasteiger partial charge in [0.05, 0.1) is 0 Å². The number of rotatable bonds is 1. The molecule has 0 aliphatic rings. The smallest absolute Gasteiger partial charge is 0.0111 e. The van der Waals surface area contributed by atoms with Crippen LogP contribution in [0.3, 0.4) is 0 Å². The minimum atomic E-state index is 0.258. The minimum Gasteiger partial charge on any atom is -0.327 e. The van der Waals surface area contributed by atoms with E-state index in [-0.39, 0.29) is 5.41 Å². The summed E-state index contributed by atoms with van der Waals surface area (Å²) in [4.78, 5) is 0. The summed E-state index contributed by atoms with van der Waals surface area (Å²) in [5.41, 5.74) is 6.15. The third kappa shape index (κ3) is 2.85. The van der Waals surface area contributed by atoms with Crippen molar-refractivity contribution >= 4 is 0 Å². The molecule has 0 aromatic rings. The molecule has 0 bridgehead atoms. The molecule has 0 saturated heterocycles. The second-order valence-corrected chi connectivity index (χ2v) is 4.14. The van der Waals surface area contributed by atoms with Crippen molar-refractivity contribution < 1.29 is 0 Å². The van der Waals surface area contributed by atoms with E-state index in [2.05, 4.69) is 34.6 Å². The molecule has 1 atom stereocenters. The van der Waals surface area contributed by atoms with Gasteiger partial charge in [0, 0.05) is 6.04 Å². The van der Waals surface area contributed by atoms with Crippen LogP contribution in [-0.4, -0.2) is 6.04 Å². The van der Waals surface area contributed by atoms with Gasteiger partial charge in [0.2, 0.25) is 0 Å². The zero-order valence-corrected chi connectivity index (χ0v) is 7.23. The molecule has 2 N–H and O–H groups in total. The van der Waals surface area contributed by atoms with E-state index in [1.165, 1.54) is 0 Å². The Morgan fingerprint density at radius 1 is 1.11 bits per heavy atom. The van der Waals surface area contributed by atoms with Gasteiger partial charge in [-0.15, -0.1) is 0 Å². The minimum absolute atomic E-state index is 0.258. The molecular weight excluding hydrogens is 110 g/mol. The van der Waals surface area contributed by atoms with Gasteiger partial charge >= 0.3 is 0 Å². The van der Waals surface area contributed by atoms with E-state index >= 15 is 0 Å². The van der Waals surface area contributed by atoms with Gasteiger partial charge in [0.15, 0.2) is 0 Å². The Labute approximate surface area is 58.6 Å². The van der Waals surface area contributed by atoms with Gasteiger partial charge in [0.25, 0.3) is 0 Å². The molecule has 0 aromatic heterocycles. The van der Waals surface area contributed by atoms with Crippen LogP contribution >= 0.6 is 0 Å². The first-order valence-corrected chi connectivity index (χ1v) is 3.61. The van der Waals surface area contributed by atoms with Gasteiger partial charge < -0.3 is 5.73 Å². The van der Waals surface area contributed by atoms with Crippen molar-refractivity contribution in [2.24, 2.45) is 17.1 Å². The Morgan fingerprint density at radius 3 is 1.44 bits per heavy atom. The molecule has 0 aliphatic heterocycles. The molecule has 0 rings (SSSR count). The predicted octanol–water partition coefficient (Wildman–Crippen LogP) is 2.02. The average Bonchev–Trinajstić information content (AvgIpc) is 1.62. The summed E-state index contributed by atoms with van der Waals surface area (Å²) in [6, 6.07) is 0.317. The monoisotopic (exact) mass is 129 g/mol. The van der Waals surface area contributed by atoms with Crippen molar-refractivity contribution in [1.82, 2.24) is 0 Å². The Kier molecular flexibility index (Phi) is 2.68. The standard InChI is InChI=1S/C8H19N/c1-6(2)7(9)8(3,4)5/h6-7H,9H2,1-5H3. The van der Waals surface area contributed by atoms with Crippen molar-refractivity contribution in [1.29, 1.82) is 0 Å². The lowest BCUT2D eigenvalue weighted by Crippen LogP contribution is -2.39. The van der Waals surface area contributed by atoms with Crippen molar-refractivity contribution in [3.05, 3.63) is 0 Å². The molecule has 1 nitrogen and oxygen atoms in total. The van der Waals surface area contributed by atoms with Crippen molar-refractivity contribution in [3.63, 3.8) is 0 Å². The SMILES string of the molecule is CC(C)C(N)C(C)(C)C. The molecule has 1 heteroatoms. The fourth-order valence-corrected chi connectivity index (χ4v) is 1.00. The zero-order chi connectivity index (χ0) is 7.65. The highest BCUT2D eigenvalue weighted by atomic mass is 14.7. The average molecular weight is 129 g/mol. The van der Waals surface area contributed by atoms with E-state index < -0.39 is 0 Å². The fraction of sp³-hybridized carbons (Fsp3) is 1.00. The molecule has 0 heterocycles. The van der Waals surface area contributed by atoms with E-state index in [4.69, 9.17) is 5.73 Å². The van der Waals surface area contributed by atoms with Gasteiger partial charge in [-0.05, 0) is 11.3 Å². The van der Waals surface area contributed by atoms with Crippen LogP contribution in [-0.2, 0) is 0 Å². The second kappa shape index (κ2) is 2.70. The summed E-state index contributed by atoms with van der Waals surface area (Å²) >= 11 is 0. The summed E-state index contributed by atoms with van der Waals surface area (Å²) in [5, 5.41) is 0. The second-order valence-electron chi connectivity index (χ2n) is 4.14. The Hall–Kier alpha value is -0.0400. The first-order chi connectivity index (χ1) is 3.85. The quantitative estimate of drug-likeness (QED) is 0.576. The lowest BCUT2D eigenvalue weighted by molar-refractivity contribution is 0.260. The molecular formula is C8H19N.